The second-order valence-electron chi connectivity index (χ2n) is 11.4. The van der Waals surface area contributed by atoms with Crippen LogP contribution in [0.2, 0.25) is 0 Å². The van der Waals surface area contributed by atoms with Crippen molar-refractivity contribution in [2.75, 3.05) is 6.54 Å². The number of hydrogen-bond acceptors (Lipinski definition) is 6. The summed E-state index contributed by atoms with van der Waals surface area (Å²) in [6.07, 6.45) is 11.2. The van der Waals surface area contributed by atoms with Crippen LogP contribution in [0.3, 0.4) is 0 Å². The highest BCUT2D eigenvalue weighted by Gasteiger charge is 2.42. The maximum Gasteiger partial charge on any atom is 0.223 e. The van der Waals surface area contributed by atoms with Crippen LogP contribution < -0.4 is 5.32 Å². The summed E-state index contributed by atoms with van der Waals surface area (Å²) in [6, 6.07) is 7.80. The third-order valence-corrected chi connectivity index (χ3v) is 9.79. The highest BCUT2D eigenvalue weighted by molar-refractivity contribution is 7.12. The van der Waals surface area contributed by atoms with Gasteiger partial charge in [-0.15, -0.1) is 21.5 Å². The molecule has 3 fully saturated rings. The summed E-state index contributed by atoms with van der Waals surface area (Å²) < 4.78 is 2.41. The molecule has 4 heterocycles. The zero-order chi connectivity index (χ0) is 25.2. The molecule has 8 heteroatoms. The van der Waals surface area contributed by atoms with Crippen molar-refractivity contribution in [1.29, 1.82) is 5.26 Å². The maximum absolute atomic E-state index is 13.1. The van der Waals surface area contributed by atoms with Gasteiger partial charge >= 0.3 is 0 Å². The van der Waals surface area contributed by atoms with Crippen LogP contribution in [0.1, 0.15) is 117 Å². The molecule has 2 aromatic rings. The first-order chi connectivity index (χ1) is 17.4. The molecule has 2 saturated heterocycles. The van der Waals surface area contributed by atoms with E-state index in [0.29, 0.717) is 28.9 Å². The standard InChI is InChI=1S/C28H40N6OS/c1-18(2)27-32-31-19(3)34(27)23-15-21-9-10-22(16-23)33(21)14-13-25(26-12-11-24(17-29)36-26)30-28(35)20-7-5-4-6-8-20/h11-12,18,20-23,25H,4-10,13-16H2,1-3H3,(H,30,35)/t21?,22?,23?,25-/m0/s1. The van der Waals surface area contributed by atoms with Gasteiger partial charge in [-0.3, -0.25) is 9.69 Å². The molecule has 5 rings (SSSR count). The zero-order valence-corrected chi connectivity index (χ0v) is 22.8. The second kappa shape index (κ2) is 11.0. The molecule has 1 amide bonds. The number of aryl methyl sites for hydroxylation is 1. The highest BCUT2D eigenvalue weighted by atomic mass is 32.1. The second-order valence-corrected chi connectivity index (χ2v) is 12.5. The number of amides is 1. The van der Waals surface area contributed by atoms with Crippen LogP contribution in [0.25, 0.3) is 0 Å². The van der Waals surface area contributed by atoms with Crippen LogP contribution >= 0.6 is 11.3 Å². The fourth-order valence-corrected chi connectivity index (χ4v) is 7.76. The summed E-state index contributed by atoms with van der Waals surface area (Å²) in [7, 11) is 0. The largest absolute Gasteiger partial charge is 0.348 e. The third kappa shape index (κ3) is 5.24. The quantitative estimate of drug-likeness (QED) is 0.499. The Bertz CT molecular complexity index is 1080. The van der Waals surface area contributed by atoms with E-state index in [1.807, 2.05) is 12.1 Å². The topological polar surface area (TPSA) is 86.8 Å². The van der Waals surface area contributed by atoms with Crippen LogP contribution in [0.5, 0.6) is 0 Å². The van der Waals surface area contributed by atoms with Crippen molar-refractivity contribution in [3.63, 3.8) is 0 Å². The number of nitriles is 1. The number of carbonyl (C=O) groups excluding carboxylic acids is 1. The van der Waals surface area contributed by atoms with E-state index in [4.69, 9.17) is 0 Å². The van der Waals surface area contributed by atoms with Crippen molar-refractivity contribution >= 4 is 17.2 Å². The average Bonchev–Trinajstić information content (AvgIpc) is 3.58. The Balaban J connectivity index is 1.26. The Hall–Kier alpha value is -2.24. The first-order valence-corrected chi connectivity index (χ1v) is 14.7. The van der Waals surface area contributed by atoms with Gasteiger partial charge in [0.05, 0.1) is 6.04 Å². The number of nitrogens with one attached hydrogen (secondary N) is 1. The van der Waals surface area contributed by atoms with E-state index in [2.05, 4.69) is 51.8 Å². The molecular weight excluding hydrogens is 468 g/mol. The Kier molecular flexibility index (Phi) is 7.78. The van der Waals surface area contributed by atoms with Crippen molar-refractivity contribution in [3.8, 4) is 6.07 Å². The number of piperidine rings is 1. The normalized spacial score (nSPS) is 25.7. The van der Waals surface area contributed by atoms with Crippen LogP contribution in [-0.4, -0.2) is 44.2 Å². The molecule has 0 aromatic carbocycles. The summed E-state index contributed by atoms with van der Waals surface area (Å²) in [4.78, 5) is 17.7. The minimum Gasteiger partial charge on any atom is -0.348 e. The van der Waals surface area contributed by atoms with Gasteiger partial charge in [0.25, 0.3) is 0 Å². The monoisotopic (exact) mass is 508 g/mol. The number of fused-ring (bicyclic) bond motifs is 2. The molecule has 2 aromatic heterocycles. The predicted octanol–water partition coefficient (Wildman–Crippen LogP) is 5.64. The molecule has 7 nitrogen and oxygen atoms in total. The number of nitrogens with zero attached hydrogens (tertiary/aromatic N) is 5. The van der Waals surface area contributed by atoms with Crippen molar-refractivity contribution < 1.29 is 4.79 Å². The number of rotatable bonds is 8. The van der Waals surface area contributed by atoms with E-state index in [0.717, 1.165) is 68.0 Å². The Labute approximate surface area is 219 Å². The molecule has 2 bridgehead atoms. The zero-order valence-electron chi connectivity index (χ0n) is 21.9. The summed E-state index contributed by atoms with van der Waals surface area (Å²) in [5, 5.41) is 21.7. The highest BCUT2D eigenvalue weighted by Crippen LogP contribution is 2.42. The van der Waals surface area contributed by atoms with Gasteiger partial charge in [-0.05, 0) is 64.0 Å². The summed E-state index contributed by atoms with van der Waals surface area (Å²) in [5.41, 5.74) is 0. The maximum atomic E-state index is 13.1. The van der Waals surface area contributed by atoms with Crippen molar-refractivity contribution in [1.82, 2.24) is 25.0 Å². The van der Waals surface area contributed by atoms with Gasteiger partial charge < -0.3 is 9.88 Å². The Morgan fingerprint density at radius 3 is 2.47 bits per heavy atom. The third-order valence-electron chi connectivity index (χ3n) is 8.68. The van der Waals surface area contributed by atoms with E-state index in [1.165, 1.54) is 30.6 Å². The molecule has 2 aliphatic heterocycles. The van der Waals surface area contributed by atoms with Crippen LogP contribution in [0.15, 0.2) is 12.1 Å². The lowest BCUT2D eigenvalue weighted by Gasteiger charge is -2.40. The predicted molar refractivity (Wildman–Crippen MR) is 142 cm³/mol. The number of hydrogen-bond donors (Lipinski definition) is 1. The van der Waals surface area contributed by atoms with E-state index in [1.54, 1.807) is 0 Å². The van der Waals surface area contributed by atoms with Crippen LogP contribution in [0, 0.1) is 24.2 Å². The molecule has 1 saturated carbocycles. The lowest BCUT2D eigenvalue weighted by Crippen LogP contribution is -2.45. The van der Waals surface area contributed by atoms with Crippen molar-refractivity contribution in [2.24, 2.45) is 5.92 Å². The van der Waals surface area contributed by atoms with E-state index < -0.39 is 0 Å². The molecule has 1 aliphatic carbocycles. The molecule has 3 atom stereocenters. The molecule has 3 aliphatic rings. The van der Waals surface area contributed by atoms with Crippen molar-refractivity contribution in [3.05, 3.63) is 33.5 Å². The van der Waals surface area contributed by atoms with Crippen LogP contribution in [-0.2, 0) is 4.79 Å². The minimum absolute atomic E-state index is 0.0173. The summed E-state index contributed by atoms with van der Waals surface area (Å²) in [6.45, 7) is 7.47. The molecule has 36 heavy (non-hydrogen) atoms. The minimum atomic E-state index is -0.0173. The molecule has 0 spiro atoms. The molecule has 194 valence electrons. The van der Waals surface area contributed by atoms with E-state index >= 15 is 0 Å². The fourth-order valence-electron chi connectivity index (χ4n) is 6.87. The average molecular weight is 509 g/mol. The van der Waals surface area contributed by atoms with E-state index in [-0.39, 0.29) is 17.9 Å². The van der Waals surface area contributed by atoms with E-state index in [9.17, 15) is 10.1 Å². The Morgan fingerprint density at radius 1 is 1.11 bits per heavy atom. The first-order valence-electron chi connectivity index (χ1n) is 13.9. The number of carbonyl (C=O) groups is 1. The molecular formula is C28H40N6OS. The van der Waals surface area contributed by atoms with Gasteiger partial charge in [0, 0.05) is 41.4 Å². The summed E-state index contributed by atoms with van der Waals surface area (Å²) >= 11 is 1.53. The summed E-state index contributed by atoms with van der Waals surface area (Å²) in [5.74, 6) is 2.87. The van der Waals surface area contributed by atoms with Gasteiger partial charge in [-0.25, -0.2) is 0 Å². The molecule has 2 unspecified atom stereocenters. The van der Waals surface area contributed by atoms with Gasteiger partial charge in [-0.2, -0.15) is 5.26 Å². The smallest absolute Gasteiger partial charge is 0.223 e. The molecule has 1 N–H and O–H groups in total. The van der Waals surface area contributed by atoms with Crippen LogP contribution in [0.4, 0.5) is 0 Å². The van der Waals surface area contributed by atoms with Gasteiger partial charge in [0.1, 0.15) is 22.6 Å². The lowest BCUT2D eigenvalue weighted by atomic mass is 9.88. The SMILES string of the molecule is Cc1nnc(C(C)C)n1C1CC2CCC(C1)N2CC[C@H](NC(=O)C1CCCCC1)c1ccc(C#N)s1. The fraction of sp³-hybridized carbons (Fsp3) is 0.714. The first kappa shape index (κ1) is 25.4. The van der Waals surface area contributed by atoms with Gasteiger partial charge in [0.15, 0.2) is 0 Å². The van der Waals surface area contributed by atoms with Gasteiger partial charge in [0.2, 0.25) is 5.91 Å². The molecule has 0 radical (unpaired) electrons. The number of aromatic nitrogens is 3. The van der Waals surface area contributed by atoms with Crippen molar-refractivity contribution in [2.45, 2.75) is 115 Å². The Morgan fingerprint density at radius 2 is 1.83 bits per heavy atom. The lowest BCUT2D eigenvalue weighted by molar-refractivity contribution is -0.126. The van der Waals surface area contributed by atoms with Gasteiger partial charge in [-0.1, -0.05) is 33.1 Å². The number of thiophene rings is 1.